The van der Waals surface area contributed by atoms with Gasteiger partial charge in [-0.15, -0.1) is 0 Å². The van der Waals surface area contributed by atoms with Crippen LogP contribution in [0.15, 0.2) is 77.7 Å². The van der Waals surface area contributed by atoms with Crippen molar-refractivity contribution in [2.45, 2.75) is 38.5 Å². The molecule has 1 amide bonds. The molecule has 0 spiro atoms. The molecule has 162 valence electrons. The molecule has 0 N–H and O–H groups in total. The molecule has 3 aromatic rings. The number of amides is 1. The third kappa shape index (κ3) is 5.14. The van der Waals surface area contributed by atoms with Crippen LogP contribution >= 0.6 is 0 Å². The van der Waals surface area contributed by atoms with E-state index in [2.05, 4.69) is 13.8 Å². The zero-order valence-corrected chi connectivity index (χ0v) is 19.0. The summed E-state index contributed by atoms with van der Waals surface area (Å²) in [7, 11) is -4.11. The average Bonchev–Trinajstić information content (AvgIpc) is 2.75. The minimum atomic E-state index is -4.11. The fourth-order valence-corrected chi connectivity index (χ4v) is 4.69. The lowest BCUT2D eigenvalue weighted by Crippen LogP contribution is -2.40. The molecule has 0 aromatic heterocycles. The van der Waals surface area contributed by atoms with E-state index in [1.807, 2.05) is 31.2 Å². The lowest BCUT2D eigenvalue weighted by molar-refractivity contribution is -0.119. The van der Waals surface area contributed by atoms with Gasteiger partial charge in [0.1, 0.15) is 5.75 Å². The number of benzene rings is 3. The van der Waals surface area contributed by atoms with Gasteiger partial charge in [0.15, 0.2) is 6.61 Å². The number of anilines is 1. The topological polar surface area (TPSA) is 63.7 Å². The summed E-state index contributed by atoms with van der Waals surface area (Å²) in [6.45, 7) is 7.37. The predicted octanol–water partition coefficient (Wildman–Crippen LogP) is 5.23. The minimum absolute atomic E-state index is 0.0473. The van der Waals surface area contributed by atoms with Gasteiger partial charge in [0.05, 0.1) is 10.6 Å². The first-order valence-electron chi connectivity index (χ1n) is 10.1. The van der Waals surface area contributed by atoms with E-state index in [1.165, 1.54) is 12.1 Å². The molecule has 0 radical (unpaired) electrons. The first kappa shape index (κ1) is 22.6. The molecule has 0 aliphatic carbocycles. The lowest BCUT2D eigenvalue weighted by atomic mass is 10.0. The van der Waals surface area contributed by atoms with Crippen LogP contribution in [-0.2, 0) is 14.8 Å². The Morgan fingerprint density at radius 2 is 1.65 bits per heavy atom. The Morgan fingerprint density at radius 3 is 2.32 bits per heavy atom. The van der Waals surface area contributed by atoms with E-state index in [0.29, 0.717) is 22.9 Å². The van der Waals surface area contributed by atoms with Crippen LogP contribution < -0.4 is 9.04 Å². The molecular weight excluding hydrogens is 410 g/mol. The minimum Gasteiger partial charge on any atom is -0.484 e. The number of hydrogen-bond donors (Lipinski definition) is 0. The van der Waals surface area contributed by atoms with Gasteiger partial charge in [-0.1, -0.05) is 56.3 Å². The van der Waals surface area contributed by atoms with E-state index in [-0.39, 0.29) is 4.90 Å². The maximum absolute atomic E-state index is 13.4. The first-order chi connectivity index (χ1) is 14.7. The molecule has 6 heteroatoms. The monoisotopic (exact) mass is 437 g/mol. The van der Waals surface area contributed by atoms with Crippen LogP contribution in [0.4, 0.5) is 5.69 Å². The molecule has 3 rings (SSSR count). The van der Waals surface area contributed by atoms with E-state index in [4.69, 9.17) is 4.74 Å². The summed E-state index contributed by atoms with van der Waals surface area (Å²) in [6.07, 6.45) is 0. The van der Waals surface area contributed by atoms with Gasteiger partial charge in [-0.2, -0.15) is 4.31 Å². The molecule has 0 saturated carbocycles. The van der Waals surface area contributed by atoms with Gasteiger partial charge in [0.2, 0.25) is 0 Å². The summed E-state index contributed by atoms with van der Waals surface area (Å²) in [5.41, 5.74) is 2.94. The van der Waals surface area contributed by atoms with Crippen molar-refractivity contribution in [3.05, 3.63) is 89.5 Å². The van der Waals surface area contributed by atoms with Crippen LogP contribution in [0.25, 0.3) is 0 Å². The van der Waals surface area contributed by atoms with E-state index in [9.17, 15) is 13.2 Å². The van der Waals surface area contributed by atoms with Crippen molar-refractivity contribution in [1.82, 2.24) is 0 Å². The Labute approximate surface area is 184 Å². The number of ether oxygens (including phenoxy) is 1. The van der Waals surface area contributed by atoms with Gasteiger partial charge in [0, 0.05) is 0 Å². The molecule has 0 fully saturated rings. The smallest absolute Gasteiger partial charge is 0.278 e. The zero-order valence-electron chi connectivity index (χ0n) is 18.2. The maximum Gasteiger partial charge on any atom is 0.278 e. The van der Waals surface area contributed by atoms with Gasteiger partial charge >= 0.3 is 0 Å². The van der Waals surface area contributed by atoms with Gasteiger partial charge in [-0.25, -0.2) is 8.42 Å². The second-order valence-electron chi connectivity index (χ2n) is 7.78. The van der Waals surface area contributed by atoms with Crippen molar-refractivity contribution in [1.29, 1.82) is 0 Å². The van der Waals surface area contributed by atoms with Crippen LogP contribution in [0.3, 0.4) is 0 Å². The molecule has 0 unspecified atom stereocenters. The van der Waals surface area contributed by atoms with Crippen molar-refractivity contribution in [3.63, 3.8) is 0 Å². The fraction of sp³-hybridized carbons (Fsp3) is 0.240. The Morgan fingerprint density at radius 1 is 0.935 bits per heavy atom. The fourth-order valence-electron chi connectivity index (χ4n) is 3.20. The van der Waals surface area contributed by atoms with Crippen molar-refractivity contribution in [3.8, 4) is 5.75 Å². The summed E-state index contributed by atoms with van der Waals surface area (Å²) >= 11 is 0. The van der Waals surface area contributed by atoms with Gasteiger partial charge in [-0.05, 0) is 66.8 Å². The summed E-state index contributed by atoms with van der Waals surface area (Å²) in [5.74, 6) is 0.175. The molecule has 0 aliphatic rings. The Balaban J connectivity index is 1.97. The third-order valence-electron chi connectivity index (χ3n) is 4.98. The molecule has 3 aromatic carbocycles. The number of carbonyl (C=O) groups is 1. The van der Waals surface area contributed by atoms with Crippen LogP contribution in [-0.4, -0.2) is 20.9 Å². The highest BCUT2D eigenvalue weighted by Gasteiger charge is 2.32. The number of nitrogens with zero attached hydrogens (tertiary/aromatic N) is 1. The lowest BCUT2D eigenvalue weighted by Gasteiger charge is -2.25. The van der Waals surface area contributed by atoms with Crippen LogP contribution in [0.2, 0.25) is 0 Å². The van der Waals surface area contributed by atoms with Crippen molar-refractivity contribution < 1.29 is 17.9 Å². The average molecular weight is 438 g/mol. The number of carbonyl (C=O) groups excluding carboxylic acids is 1. The number of rotatable bonds is 7. The Bertz CT molecular complexity index is 1170. The highest BCUT2D eigenvalue weighted by molar-refractivity contribution is 7.93. The van der Waals surface area contributed by atoms with Gasteiger partial charge in [-0.3, -0.25) is 4.79 Å². The highest BCUT2D eigenvalue weighted by Crippen LogP contribution is 2.28. The summed E-state index contributed by atoms with van der Waals surface area (Å²) < 4.78 is 33.4. The van der Waals surface area contributed by atoms with Gasteiger partial charge < -0.3 is 4.74 Å². The molecule has 0 aliphatic heterocycles. The SMILES string of the molecule is Cc1ccc(C)c(N(C(=O)COc2cccc(C(C)C)c2)S(=O)(=O)c2ccccc2)c1. The third-order valence-corrected chi connectivity index (χ3v) is 6.73. The van der Waals surface area contributed by atoms with Crippen molar-refractivity contribution in [2.24, 2.45) is 0 Å². The van der Waals surface area contributed by atoms with E-state index < -0.39 is 22.5 Å². The van der Waals surface area contributed by atoms with Gasteiger partial charge in [0.25, 0.3) is 15.9 Å². The second-order valence-corrected chi connectivity index (χ2v) is 9.57. The van der Waals surface area contributed by atoms with E-state index in [0.717, 1.165) is 15.4 Å². The summed E-state index contributed by atoms with van der Waals surface area (Å²) in [4.78, 5) is 13.3. The molecule has 0 bridgehead atoms. The molecule has 0 heterocycles. The summed E-state index contributed by atoms with van der Waals surface area (Å²) in [5, 5.41) is 0. The molecule has 31 heavy (non-hydrogen) atoms. The number of sulfonamides is 1. The van der Waals surface area contributed by atoms with E-state index >= 15 is 0 Å². The number of aryl methyl sites for hydroxylation is 2. The zero-order chi connectivity index (χ0) is 22.6. The number of hydrogen-bond acceptors (Lipinski definition) is 4. The van der Waals surface area contributed by atoms with Crippen molar-refractivity contribution >= 4 is 21.6 Å². The molecule has 0 atom stereocenters. The van der Waals surface area contributed by atoms with Crippen LogP contribution in [0, 0.1) is 13.8 Å². The largest absolute Gasteiger partial charge is 0.484 e. The van der Waals surface area contributed by atoms with E-state index in [1.54, 1.807) is 43.3 Å². The predicted molar refractivity (Wildman–Crippen MR) is 123 cm³/mol. The Kier molecular flexibility index (Phi) is 6.81. The van der Waals surface area contributed by atoms with Crippen molar-refractivity contribution in [2.75, 3.05) is 10.9 Å². The normalized spacial score (nSPS) is 11.4. The van der Waals surface area contributed by atoms with Crippen LogP contribution in [0.1, 0.15) is 36.5 Å². The highest BCUT2D eigenvalue weighted by atomic mass is 32.2. The quantitative estimate of drug-likeness (QED) is 0.508. The first-order valence-corrected chi connectivity index (χ1v) is 11.6. The standard InChI is InChI=1S/C25H27NO4S/c1-18(2)21-9-8-10-22(16-21)30-17-25(27)26(24-15-19(3)13-14-20(24)4)31(28,29)23-11-6-5-7-12-23/h5-16,18H,17H2,1-4H3. The molecule has 0 saturated heterocycles. The second kappa shape index (κ2) is 9.35. The molecular formula is C25H27NO4S. The maximum atomic E-state index is 13.4. The summed E-state index contributed by atoms with van der Waals surface area (Å²) in [6, 6.07) is 20.8. The Hall–Kier alpha value is -3.12. The molecule has 5 nitrogen and oxygen atoms in total. The van der Waals surface area contributed by atoms with Crippen LogP contribution in [0.5, 0.6) is 5.75 Å².